The Hall–Kier alpha value is -0.500. The molecule has 0 aromatic heterocycles. The maximum Gasteiger partial charge on any atom is 0.472 e. The van der Waals surface area contributed by atoms with Gasteiger partial charge in [-0.2, -0.15) is 0 Å². The molecule has 0 aliphatic rings. The average molecular weight is 384 g/mol. The number of phosphoric ester groups is 1. The molecule has 0 heterocycles. The summed E-state index contributed by atoms with van der Waals surface area (Å²) in [7, 11) is 1.54. The van der Waals surface area contributed by atoms with Crippen LogP contribution in [-0.2, 0) is 23.1 Å². The first-order valence-electron chi connectivity index (χ1n) is 8.82. The van der Waals surface area contributed by atoms with Crippen LogP contribution in [0.15, 0.2) is 0 Å². The second-order valence-electron chi connectivity index (χ2n) is 7.07. The summed E-state index contributed by atoms with van der Waals surface area (Å²) in [6.07, 6.45) is 4.31. The molecule has 1 unspecified atom stereocenters. The second kappa shape index (κ2) is 12.8. The number of unbranched alkanes of at least 4 members (excludes halogenated alkanes) is 4. The Morgan fingerprint density at radius 2 is 1.76 bits per heavy atom. The molecule has 2 N–H and O–H groups in total. The molecule has 0 saturated heterocycles. The number of esters is 1. The molecular formula is C16H35NO7P+. The Balaban J connectivity index is 4.05. The Morgan fingerprint density at radius 1 is 1.12 bits per heavy atom. The molecule has 0 aliphatic carbocycles. The number of quaternary nitrogens is 1. The van der Waals surface area contributed by atoms with Crippen molar-refractivity contribution < 1.29 is 37.6 Å². The molecule has 0 aromatic rings. The number of hydrogen-bond donors (Lipinski definition) is 2. The molecule has 0 aromatic carbocycles. The predicted molar refractivity (Wildman–Crippen MR) is 95.0 cm³/mol. The van der Waals surface area contributed by atoms with Crippen molar-refractivity contribution in [2.24, 2.45) is 0 Å². The van der Waals surface area contributed by atoms with Crippen LogP contribution in [0.3, 0.4) is 0 Å². The molecular weight excluding hydrogens is 349 g/mol. The quantitative estimate of drug-likeness (QED) is 0.193. The molecule has 0 radical (unpaired) electrons. The lowest BCUT2D eigenvalue weighted by Gasteiger charge is -2.24. The topological polar surface area (TPSA) is 102 Å². The zero-order valence-corrected chi connectivity index (χ0v) is 16.9. The zero-order valence-electron chi connectivity index (χ0n) is 16.0. The highest BCUT2D eigenvalue weighted by Gasteiger charge is 2.25. The Morgan fingerprint density at radius 3 is 2.32 bits per heavy atom. The number of hydrogen-bond acceptors (Lipinski definition) is 6. The van der Waals surface area contributed by atoms with E-state index in [1.54, 1.807) is 0 Å². The highest BCUT2D eigenvalue weighted by Crippen LogP contribution is 2.43. The number of ether oxygens (including phenoxy) is 1. The predicted octanol–water partition coefficient (Wildman–Crippen LogP) is 2.09. The van der Waals surface area contributed by atoms with Crippen molar-refractivity contribution in [1.82, 2.24) is 0 Å². The maximum atomic E-state index is 11.8. The van der Waals surface area contributed by atoms with Crippen LogP contribution in [0.4, 0.5) is 0 Å². The Kier molecular flexibility index (Phi) is 12.5. The first kappa shape index (κ1) is 24.5. The van der Waals surface area contributed by atoms with E-state index in [0.717, 1.165) is 32.1 Å². The minimum Gasteiger partial charge on any atom is -0.457 e. The van der Waals surface area contributed by atoms with Gasteiger partial charge in [0.1, 0.15) is 19.3 Å². The molecule has 150 valence electrons. The minimum atomic E-state index is -4.24. The van der Waals surface area contributed by atoms with Gasteiger partial charge in [-0.05, 0) is 6.42 Å². The number of likely N-dealkylation sites (N-methyl/N-ethyl adjacent to an activating group) is 1. The lowest BCUT2D eigenvalue weighted by Crippen LogP contribution is -2.37. The van der Waals surface area contributed by atoms with Crippen LogP contribution in [0.25, 0.3) is 0 Å². The summed E-state index contributed by atoms with van der Waals surface area (Å²) in [6, 6.07) is 0. The minimum absolute atomic E-state index is 0.0542. The van der Waals surface area contributed by atoms with Crippen molar-refractivity contribution in [3.8, 4) is 0 Å². The number of phosphoric acid groups is 1. The van der Waals surface area contributed by atoms with Crippen LogP contribution in [0.5, 0.6) is 0 Å². The van der Waals surface area contributed by atoms with Crippen LogP contribution in [0.2, 0.25) is 0 Å². The fraction of sp³-hybridized carbons (Fsp3) is 0.938. The summed E-state index contributed by atoms with van der Waals surface area (Å²) in [5.41, 5.74) is 0. The van der Waals surface area contributed by atoms with E-state index in [1.165, 1.54) is 0 Å². The highest BCUT2D eigenvalue weighted by molar-refractivity contribution is 7.47. The molecule has 25 heavy (non-hydrogen) atoms. The third kappa shape index (κ3) is 15.5. The Bertz CT molecular complexity index is 412. The largest absolute Gasteiger partial charge is 0.472 e. The summed E-state index contributed by atoms with van der Waals surface area (Å²) in [4.78, 5) is 21.3. The first-order valence-corrected chi connectivity index (χ1v) is 10.3. The van der Waals surface area contributed by atoms with Crippen LogP contribution in [-0.4, -0.2) is 74.1 Å². The molecule has 0 rings (SSSR count). The van der Waals surface area contributed by atoms with Gasteiger partial charge in [0.15, 0.2) is 0 Å². The van der Waals surface area contributed by atoms with Gasteiger partial charge in [-0.15, -0.1) is 0 Å². The van der Waals surface area contributed by atoms with E-state index in [4.69, 9.17) is 13.8 Å². The van der Waals surface area contributed by atoms with E-state index in [2.05, 4.69) is 6.92 Å². The number of aliphatic hydroxyl groups excluding tert-OH is 1. The van der Waals surface area contributed by atoms with Gasteiger partial charge in [-0.1, -0.05) is 32.6 Å². The van der Waals surface area contributed by atoms with Gasteiger partial charge in [-0.25, -0.2) is 4.57 Å². The smallest absolute Gasteiger partial charge is 0.457 e. The van der Waals surface area contributed by atoms with E-state index in [1.807, 2.05) is 21.1 Å². The standard InChI is InChI=1S/C16H34NO7P/c1-5-6-7-8-9-10-16(19)24-15(13-18)14-23-25(20,21)22-12-11-17(2,3)4/h15,18H,5-14H2,1-4H3/p+1/t15-/m0/s1. The molecule has 8 nitrogen and oxygen atoms in total. The lowest BCUT2D eigenvalue weighted by atomic mass is 10.1. The first-order chi connectivity index (χ1) is 11.6. The van der Waals surface area contributed by atoms with Crippen molar-refractivity contribution in [3.05, 3.63) is 0 Å². The monoisotopic (exact) mass is 384 g/mol. The number of rotatable bonds is 15. The fourth-order valence-electron chi connectivity index (χ4n) is 1.89. The molecule has 0 aliphatic heterocycles. The number of aliphatic hydroxyl groups is 1. The van der Waals surface area contributed by atoms with Crippen LogP contribution < -0.4 is 0 Å². The van der Waals surface area contributed by atoms with Gasteiger partial charge in [0.25, 0.3) is 0 Å². The van der Waals surface area contributed by atoms with Gasteiger partial charge in [0.05, 0.1) is 34.4 Å². The van der Waals surface area contributed by atoms with Crippen molar-refractivity contribution in [1.29, 1.82) is 0 Å². The SMILES string of the molecule is CCCCCCCC(=O)O[C@@H](CO)COP(=O)(O)OCC[N+](C)(C)C. The summed E-state index contributed by atoms with van der Waals surface area (Å²) >= 11 is 0. The average Bonchev–Trinajstić information content (AvgIpc) is 2.49. The lowest BCUT2D eigenvalue weighted by molar-refractivity contribution is -0.870. The van der Waals surface area contributed by atoms with E-state index < -0.39 is 33.1 Å². The second-order valence-corrected chi connectivity index (χ2v) is 8.52. The van der Waals surface area contributed by atoms with Crippen LogP contribution in [0, 0.1) is 0 Å². The molecule has 2 atom stereocenters. The maximum absolute atomic E-state index is 11.8. The summed E-state index contributed by atoms with van der Waals surface area (Å²) in [6.45, 7) is 1.82. The molecule has 0 saturated carbocycles. The van der Waals surface area contributed by atoms with E-state index in [-0.39, 0.29) is 13.0 Å². The number of carbonyl (C=O) groups excluding carboxylic acids is 1. The van der Waals surface area contributed by atoms with Crippen LogP contribution in [0.1, 0.15) is 45.4 Å². The van der Waals surface area contributed by atoms with E-state index in [9.17, 15) is 19.4 Å². The highest BCUT2D eigenvalue weighted by atomic mass is 31.2. The molecule has 9 heteroatoms. The van der Waals surface area contributed by atoms with E-state index >= 15 is 0 Å². The molecule has 0 spiro atoms. The van der Waals surface area contributed by atoms with Crippen molar-refractivity contribution in [2.45, 2.75) is 51.6 Å². The summed E-state index contributed by atoms with van der Waals surface area (Å²) < 4.78 is 27.1. The molecule has 0 amide bonds. The van der Waals surface area contributed by atoms with Gasteiger partial charge < -0.3 is 19.2 Å². The zero-order chi connectivity index (χ0) is 19.3. The third-order valence-electron chi connectivity index (χ3n) is 3.43. The number of nitrogens with zero attached hydrogens (tertiary/aromatic N) is 1. The normalized spacial score (nSPS) is 15.6. The molecule has 0 bridgehead atoms. The van der Waals surface area contributed by atoms with Gasteiger partial charge in [-0.3, -0.25) is 13.8 Å². The Labute approximate surface area is 151 Å². The fourth-order valence-corrected chi connectivity index (χ4v) is 2.63. The van der Waals surface area contributed by atoms with Crippen molar-refractivity contribution in [2.75, 3.05) is 47.5 Å². The van der Waals surface area contributed by atoms with Gasteiger partial charge in [0.2, 0.25) is 0 Å². The van der Waals surface area contributed by atoms with Crippen LogP contribution >= 0.6 is 7.82 Å². The van der Waals surface area contributed by atoms with E-state index in [0.29, 0.717) is 11.0 Å². The van der Waals surface area contributed by atoms with Gasteiger partial charge in [0, 0.05) is 6.42 Å². The summed E-state index contributed by atoms with van der Waals surface area (Å²) in [5, 5.41) is 9.22. The van der Waals surface area contributed by atoms with Crippen molar-refractivity contribution in [3.63, 3.8) is 0 Å². The van der Waals surface area contributed by atoms with Gasteiger partial charge >= 0.3 is 13.8 Å². The third-order valence-corrected chi connectivity index (χ3v) is 4.41. The summed E-state index contributed by atoms with van der Waals surface area (Å²) in [5.74, 6) is -0.446. The molecule has 0 fully saturated rings. The van der Waals surface area contributed by atoms with Crippen molar-refractivity contribution >= 4 is 13.8 Å². The number of carbonyl (C=O) groups is 1.